The third-order valence-electron chi connectivity index (χ3n) is 4.35. The van der Waals surface area contributed by atoms with Crippen LogP contribution < -0.4 is 0 Å². The first kappa shape index (κ1) is 14.9. The molecule has 5 aromatic rings. The Bertz CT molecular complexity index is 1190. The van der Waals surface area contributed by atoms with Crippen molar-refractivity contribution in [3.8, 4) is 22.4 Å². The van der Waals surface area contributed by atoms with Crippen molar-refractivity contribution in [1.82, 2.24) is 9.38 Å². The predicted octanol–water partition coefficient (Wildman–Crippen LogP) is 6.65. The molecule has 0 spiro atoms. The van der Waals surface area contributed by atoms with Crippen LogP contribution in [0.1, 0.15) is 0 Å². The van der Waals surface area contributed by atoms with Crippen LogP contribution in [-0.4, -0.2) is 9.38 Å². The molecular formula is C21H13BrN2S. The number of hydrogen-bond donors (Lipinski definition) is 0. The molecule has 2 nitrogen and oxygen atoms in total. The van der Waals surface area contributed by atoms with Gasteiger partial charge in [0.2, 0.25) is 0 Å². The van der Waals surface area contributed by atoms with Crippen molar-refractivity contribution in [2.75, 3.05) is 0 Å². The molecule has 120 valence electrons. The van der Waals surface area contributed by atoms with Gasteiger partial charge in [0.05, 0.1) is 10.2 Å². The normalized spacial score (nSPS) is 11.4. The number of thiazole rings is 1. The number of benzene rings is 3. The van der Waals surface area contributed by atoms with Crippen LogP contribution in [0.25, 0.3) is 37.6 Å². The molecule has 0 N–H and O–H groups in total. The maximum Gasteiger partial charge on any atom is 0.196 e. The number of imidazole rings is 1. The molecule has 0 aliphatic heterocycles. The Kier molecular flexibility index (Phi) is 3.47. The maximum absolute atomic E-state index is 4.89. The van der Waals surface area contributed by atoms with E-state index >= 15 is 0 Å². The molecule has 0 saturated carbocycles. The molecule has 4 heteroatoms. The molecule has 0 atom stereocenters. The zero-order valence-corrected chi connectivity index (χ0v) is 15.6. The molecule has 0 saturated heterocycles. The smallest absolute Gasteiger partial charge is 0.196 e. The van der Waals surface area contributed by atoms with Gasteiger partial charge in [-0.15, -0.1) is 0 Å². The van der Waals surface area contributed by atoms with Crippen LogP contribution in [0.4, 0.5) is 0 Å². The summed E-state index contributed by atoms with van der Waals surface area (Å²) in [6, 6.07) is 27.3. The van der Waals surface area contributed by atoms with Crippen molar-refractivity contribution >= 4 is 42.4 Å². The fraction of sp³-hybridized carbons (Fsp3) is 0. The standard InChI is InChI=1S/C21H13BrN2S/c22-20-18(15-10-5-2-6-11-15)23-21-24(20)19-16(12-7-13-17(19)25-21)14-8-3-1-4-9-14/h1-13H. The van der Waals surface area contributed by atoms with Crippen LogP contribution in [-0.2, 0) is 0 Å². The monoisotopic (exact) mass is 404 g/mol. The van der Waals surface area contributed by atoms with E-state index in [1.165, 1.54) is 21.3 Å². The second-order valence-electron chi connectivity index (χ2n) is 5.86. The van der Waals surface area contributed by atoms with E-state index in [4.69, 9.17) is 4.98 Å². The lowest BCUT2D eigenvalue weighted by atomic mass is 10.0. The van der Waals surface area contributed by atoms with E-state index in [0.29, 0.717) is 0 Å². The highest BCUT2D eigenvalue weighted by atomic mass is 79.9. The van der Waals surface area contributed by atoms with Crippen LogP contribution >= 0.6 is 27.3 Å². The van der Waals surface area contributed by atoms with Gasteiger partial charge < -0.3 is 0 Å². The molecule has 0 fully saturated rings. The summed E-state index contributed by atoms with van der Waals surface area (Å²) in [6.45, 7) is 0. The minimum atomic E-state index is 0.983. The molecule has 0 amide bonds. The molecule has 0 aliphatic rings. The van der Waals surface area contributed by atoms with Gasteiger partial charge in [-0.2, -0.15) is 0 Å². The van der Waals surface area contributed by atoms with Gasteiger partial charge in [0.15, 0.2) is 4.96 Å². The average molecular weight is 405 g/mol. The third-order valence-corrected chi connectivity index (χ3v) is 6.08. The van der Waals surface area contributed by atoms with Gasteiger partial charge in [-0.25, -0.2) is 4.98 Å². The van der Waals surface area contributed by atoms with Gasteiger partial charge >= 0.3 is 0 Å². The molecule has 0 unspecified atom stereocenters. The van der Waals surface area contributed by atoms with E-state index in [0.717, 1.165) is 20.8 Å². The molecule has 2 heterocycles. The van der Waals surface area contributed by atoms with Gasteiger partial charge in [0.1, 0.15) is 10.3 Å². The molecule has 0 bridgehead atoms. The molecule has 25 heavy (non-hydrogen) atoms. The summed E-state index contributed by atoms with van der Waals surface area (Å²) in [6.07, 6.45) is 0. The number of nitrogens with zero attached hydrogens (tertiary/aromatic N) is 2. The van der Waals surface area contributed by atoms with Crippen LogP contribution in [0, 0.1) is 0 Å². The van der Waals surface area contributed by atoms with Crippen molar-refractivity contribution in [3.63, 3.8) is 0 Å². The van der Waals surface area contributed by atoms with E-state index < -0.39 is 0 Å². The molecule has 3 aromatic carbocycles. The van der Waals surface area contributed by atoms with Crippen molar-refractivity contribution in [1.29, 1.82) is 0 Å². The largest absolute Gasteiger partial charge is 0.276 e. The minimum Gasteiger partial charge on any atom is -0.276 e. The first-order valence-corrected chi connectivity index (χ1v) is 9.64. The van der Waals surface area contributed by atoms with Crippen molar-refractivity contribution in [2.24, 2.45) is 0 Å². The zero-order valence-electron chi connectivity index (χ0n) is 13.2. The zero-order chi connectivity index (χ0) is 16.8. The van der Waals surface area contributed by atoms with Crippen molar-refractivity contribution < 1.29 is 0 Å². The average Bonchev–Trinajstić information content (AvgIpc) is 3.19. The third kappa shape index (κ3) is 2.33. The van der Waals surface area contributed by atoms with E-state index in [1.54, 1.807) is 11.3 Å². The lowest BCUT2D eigenvalue weighted by Crippen LogP contribution is -1.86. The summed E-state index contributed by atoms with van der Waals surface area (Å²) < 4.78 is 4.47. The first-order valence-electron chi connectivity index (χ1n) is 8.03. The summed E-state index contributed by atoms with van der Waals surface area (Å²) in [5.74, 6) is 0. The summed E-state index contributed by atoms with van der Waals surface area (Å²) in [7, 11) is 0. The molecule has 2 aromatic heterocycles. The summed E-state index contributed by atoms with van der Waals surface area (Å²) in [5, 5.41) is 0. The lowest BCUT2D eigenvalue weighted by molar-refractivity contribution is 1.25. The maximum atomic E-state index is 4.89. The first-order chi connectivity index (χ1) is 12.3. The number of rotatable bonds is 2. The number of halogens is 1. The van der Waals surface area contributed by atoms with Gasteiger partial charge in [0, 0.05) is 11.1 Å². The molecule has 0 aliphatic carbocycles. The van der Waals surface area contributed by atoms with Crippen LogP contribution in [0.5, 0.6) is 0 Å². The topological polar surface area (TPSA) is 17.3 Å². The fourth-order valence-corrected chi connectivity index (χ4v) is 5.04. The van der Waals surface area contributed by atoms with Gasteiger partial charge in [0.25, 0.3) is 0 Å². The van der Waals surface area contributed by atoms with Gasteiger partial charge in [-0.3, -0.25) is 4.40 Å². The molecular weight excluding hydrogens is 392 g/mol. The quantitative estimate of drug-likeness (QED) is 0.322. The highest BCUT2D eigenvalue weighted by molar-refractivity contribution is 9.10. The van der Waals surface area contributed by atoms with Crippen molar-refractivity contribution in [2.45, 2.75) is 0 Å². The Morgan fingerprint density at radius 2 is 1.44 bits per heavy atom. The lowest BCUT2D eigenvalue weighted by Gasteiger charge is -2.05. The van der Waals surface area contributed by atoms with Crippen molar-refractivity contribution in [3.05, 3.63) is 83.5 Å². The summed E-state index contributed by atoms with van der Waals surface area (Å²) >= 11 is 5.52. The number of aromatic nitrogens is 2. The Hall–Kier alpha value is -2.43. The second kappa shape index (κ2) is 5.83. The number of para-hydroxylation sites is 1. The number of hydrogen-bond acceptors (Lipinski definition) is 2. The minimum absolute atomic E-state index is 0.983. The highest BCUT2D eigenvalue weighted by Gasteiger charge is 2.18. The summed E-state index contributed by atoms with van der Waals surface area (Å²) in [4.78, 5) is 5.89. The SMILES string of the molecule is Brc1c(-c2ccccc2)nc2sc3cccc(-c4ccccc4)c3n12. The van der Waals surface area contributed by atoms with E-state index in [9.17, 15) is 0 Å². The van der Waals surface area contributed by atoms with Crippen LogP contribution in [0.3, 0.4) is 0 Å². The summed E-state index contributed by atoms with van der Waals surface area (Å²) in [5.41, 5.74) is 5.75. The fourth-order valence-electron chi connectivity index (χ4n) is 3.21. The highest BCUT2D eigenvalue weighted by Crippen LogP contribution is 2.39. The van der Waals surface area contributed by atoms with E-state index in [2.05, 4.69) is 74.9 Å². The second-order valence-corrected chi connectivity index (χ2v) is 7.62. The van der Waals surface area contributed by atoms with Gasteiger partial charge in [-0.1, -0.05) is 84.1 Å². The molecule has 0 radical (unpaired) electrons. The Labute approximate surface area is 157 Å². The van der Waals surface area contributed by atoms with E-state index in [1.807, 2.05) is 24.3 Å². The Morgan fingerprint density at radius 1 is 0.760 bits per heavy atom. The van der Waals surface area contributed by atoms with Gasteiger partial charge in [-0.05, 0) is 27.6 Å². The van der Waals surface area contributed by atoms with E-state index in [-0.39, 0.29) is 0 Å². The van der Waals surface area contributed by atoms with Crippen LogP contribution in [0.2, 0.25) is 0 Å². The van der Waals surface area contributed by atoms with Crippen LogP contribution in [0.15, 0.2) is 83.5 Å². The molecule has 5 rings (SSSR count). The Morgan fingerprint density at radius 3 is 2.16 bits per heavy atom. The Balaban J connectivity index is 1.85. The predicted molar refractivity (Wildman–Crippen MR) is 109 cm³/mol. The number of fused-ring (bicyclic) bond motifs is 3.